The Morgan fingerprint density at radius 2 is 1.27 bits per heavy atom. The van der Waals surface area contributed by atoms with Crippen molar-refractivity contribution in [1.82, 2.24) is 39.5 Å². The van der Waals surface area contributed by atoms with Gasteiger partial charge >= 0.3 is 21.1 Å². The van der Waals surface area contributed by atoms with E-state index >= 15 is 0 Å². The topological polar surface area (TPSA) is 90.4 Å². The standard InChI is InChI=1S/C20H13N9.Pt/c1-2-6-16(7-3-1)29(19-23-14-27(25-19)17-8-4-10-21-12-17)20-24-15-28(26-20)18-9-5-11-22-13-18;/h1-7,10-15H;/q-2;+2. The molecule has 0 atom stereocenters. The Balaban J connectivity index is 0.00000218. The van der Waals surface area contributed by atoms with Crippen molar-refractivity contribution in [3.8, 4) is 11.4 Å². The average molecular weight is 574 g/mol. The second-order valence-corrected chi connectivity index (χ2v) is 5.90. The van der Waals surface area contributed by atoms with Gasteiger partial charge in [0.25, 0.3) is 11.9 Å². The number of anilines is 3. The van der Waals surface area contributed by atoms with E-state index in [0.717, 1.165) is 5.69 Å². The van der Waals surface area contributed by atoms with E-state index in [-0.39, 0.29) is 21.1 Å². The van der Waals surface area contributed by atoms with Crippen molar-refractivity contribution in [2.45, 2.75) is 0 Å². The number of rotatable bonds is 5. The molecule has 0 aliphatic rings. The van der Waals surface area contributed by atoms with E-state index in [1.807, 2.05) is 30.3 Å². The van der Waals surface area contributed by atoms with Crippen molar-refractivity contribution in [2.24, 2.45) is 0 Å². The first-order valence-electron chi connectivity index (χ1n) is 8.71. The summed E-state index contributed by atoms with van der Waals surface area (Å²) in [4.78, 5) is 18.9. The fraction of sp³-hybridized carbons (Fsp3) is 0. The molecular formula is C20H13N9Pt. The number of hydrogen-bond donors (Lipinski definition) is 0. The SMILES string of the molecule is [Pt+2].[c-]1ccncc1-n1cnc(N(c2ccccc2)c2ncn(-c3[c-]ccnc3)n2)n1. The molecule has 1 aromatic carbocycles. The van der Waals surface area contributed by atoms with Gasteiger partial charge in [0, 0.05) is 0 Å². The van der Waals surface area contributed by atoms with Gasteiger partial charge in [-0.25, -0.2) is 14.3 Å². The summed E-state index contributed by atoms with van der Waals surface area (Å²) in [6, 6.07) is 19.3. The van der Waals surface area contributed by atoms with Gasteiger partial charge in [0.2, 0.25) is 0 Å². The number of para-hydroxylation sites is 1. The summed E-state index contributed by atoms with van der Waals surface area (Å²) in [7, 11) is 0. The first kappa shape index (κ1) is 19.6. The van der Waals surface area contributed by atoms with Gasteiger partial charge in [0.15, 0.2) is 0 Å². The quantitative estimate of drug-likeness (QED) is 0.298. The molecule has 0 N–H and O–H groups in total. The van der Waals surface area contributed by atoms with Crippen LogP contribution in [0.1, 0.15) is 0 Å². The van der Waals surface area contributed by atoms with Gasteiger partial charge in [0.1, 0.15) is 12.7 Å². The van der Waals surface area contributed by atoms with Crippen LogP contribution >= 0.6 is 0 Å². The molecule has 4 heterocycles. The van der Waals surface area contributed by atoms with Crippen molar-refractivity contribution in [3.05, 3.63) is 92.0 Å². The van der Waals surface area contributed by atoms with E-state index in [1.165, 1.54) is 0 Å². The second kappa shape index (κ2) is 8.75. The van der Waals surface area contributed by atoms with Gasteiger partial charge in [0.05, 0.1) is 5.69 Å². The molecule has 0 saturated carbocycles. The second-order valence-electron chi connectivity index (χ2n) is 5.90. The summed E-state index contributed by atoms with van der Waals surface area (Å²) >= 11 is 0. The van der Waals surface area contributed by atoms with E-state index in [9.17, 15) is 0 Å². The zero-order valence-electron chi connectivity index (χ0n) is 15.3. The van der Waals surface area contributed by atoms with Gasteiger partial charge in [-0.2, -0.15) is 34.2 Å². The van der Waals surface area contributed by atoms with E-state index in [1.54, 1.807) is 63.8 Å². The van der Waals surface area contributed by atoms with Crippen molar-refractivity contribution in [1.29, 1.82) is 0 Å². The third-order valence-corrected chi connectivity index (χ3v) is 4.04. The third-order valence-electron chi connectivity index (χ3n) is 4.04. The maximum absolute atomic E-state index is 4.57. The van der Waals surface area contributed by atoms with Gasteiger partial charge in [-0.05, 0) is 23.5 Å². The molecule has 30 heavy (non-hydrogen) atoms. The van der Waals surface area contributed by atoms with Crippen LogP contribution in [0.3, 0.4) is 0 Å². The molecule has 0 radical (unpaired) electrons. The Bertz CT molecular complexity index is 1130. The Hall–Kier alpha value is -3.71. The van der Waals surface area contributed by atoms with Gasteiger partial charge in [-0.1, -0.05) is 43.0 Å². The van der Waals surface area contributed by atoms with Crippen molar-refractivity contribution in [3.63, 3.8) is 0 Å². The molecule has 5 rings (SSSR count). The minimum Gasteiger partial charge on any atom is -0.389 e. The maximum atomic E-state index is 4.57. The van der Waals surface area contributed by atoms with Crippen molar-refractivity contribution < 1.29 is 21.1 Å². The molecule has 0 aliphatic carbocycles. The molecule has 9 nitrogen and oxygen atoms in total. The normalized spacial score (nSPS) is 10.4. The number of hydrogen-bond acceptors (Lipinski definition) is 7. The molecule has 0 spiro atoms. The monoisotopic (exact) mass is 574 g/mol. The Morgan fingerprint density at radius 3 is 1.73 bits per heavy atom. The fourth-order valence-corrected chi connectivity index (χ4v) is 2.73. The fourth-order valence-electron chi connectivity index (χ4n) is 2.73. The molecule has 148 valence electrons. The molecule has 5 aromatic rings. The Kier molecular flexibility index (Phi) is 5.72. The maximum Gasteiger partial charge on any atom is 2.00 e. The van der Waals surface area contributed by atoms with Crippen LogP contribution in [-0.2, 0) is 21.1 Å². The number of aromatic nitrogens is 8. The molecule has 0 unspecified atom stereocenters. The molecule has 0 aliphatic heterocycles. The van der Waals surface area contributed by atoms with Crippen LogP contribution in [0.25, 0.3) is 11.4 Å². The number of nitrogens with zero attached hydrogens (tertiary/aromatic N) is 9. The molecular weight excluding hydrogens is 561 g/mol. The predicted molar refractivity (Wildman–Crippen MR) is 104 cm³/mol. The Morgan fingerprint density at radius 1 is 0.733 bits per heavy atom. The summed E-state index contributed by atoms with van der Waals surface area (Å²) in [6.45, 7) is 0. The van der Waals surface area contributed by atoms with Gasteiger partial charge in [-0.3, -0.25) is 0 Å². The zero-order chi connectivity index (χ0) is 19.5. The van der Waals surface area contributed by atoms with Crippen molar-refractivity contribution in [2.75, 3.05) is 4.90 Å². The van der Waals surface area contributed by atoms with Crippen LogP contribution in [-0.4, -0.2) is 39.5 Å². The summed E-state index contributed by atoms with van der Waals surface area (Å²) in [5.41, 5.74) is 2.19. The summed E-state index contributed by atoms with van der Waals surface area (Å²) in [6.07, 6.45) is 9.84. The van der Waals surface area contributed by atoms with Crippen LogP contribution in [0.4, 0.5) is 17.6 Å². The van der Waals surface area contributed by atoms with Crippen LogP contribution in [0.15, 0.2) is 79.9 Å². The largest absolute Gasteiger partial charge is 2.00 e. The molecule has 0 fully saturated rings. The van der Waals surface area contributed by atoms with Crippen LogP contribution in [0, 0.1) is 12.1 Å². The molecule has 4 aromatic heterocycles. The van der Waals surface area contributed by atoms with E-state index in [2.05, 4.69) is 42.3 Å². The predicted octanol–water partition coefficient (Wildman–Crippen LogP) is 2.71. The van der Waals surface area contributed by atoms with Crippen LogP contribution < -0.4 is 4.90 Å². The van der Waals surface area contributed by atoms with Gasteiger partial charge < -0.3 is 9.97 Å². The van der Waals surface area contributed by atoms with Crippen LogP contribution in [0.5, 0.6) is 0 Å². The van der Waals surface area contributed by atoms with Crippen LogP contribution in [0.2, 0.25) is 0 Å². The van der Waals surface area contributed by atoms with Crippen molar-refractivity contribution >= 4 is 17.6 Å². The van der Waals surface area contributed by atoms with E-state index in [4.69, 9.17) is 0 Å². The minimum absolute atomic E-state index is 0. The zero-order valence-corrected chi connectivity index (χ0v) is 17.6. The molecule has 0 amide bonds. The summed E-state index contributed by atoms with van der Waals surface area (Å²) < 4.78 is 3.20. The number of pyridine rings is 2. The average Bonchev–Trinajstić information content (AvgIpc) is 3.47. The molecule has 0 bridgehead atoms. The van der Waals surface area contributed by atoms with E-state index < -0.39 is 0 Å². The van der Waals surface area contributed by atoms with Gasteiger partial charge in [-0.15, -0.1) is 10.2 Å². The smallest absolute Gasteiger partial charge is 0.389 e. The third kappa shape index (κ3) is 3.88. The molecule has 10 heteroatoms. The first-order valence-corrected chi connectivity index (χ1v) is 8.71. The number of benzene rings is 1. The van der Waals surface area contributed by atoms with E-state index in [0.29, 0.717) is 23.3 Å². The molecule has 0 saturated heterocycles. The first-order chi connectivity index (χ1) is 14.4. The summed E-state index contributed by atoms with van der Waals surface area (Å²) in [5, 5.41) is 9.13. The summed E-state index contributed by atoms with van der Waals surface area (Å²) in [5.74, 6) is 0.836. The Labute approximate surface area is 186 Å². The minimum atomic E-state index is 0.